The molecule has 102 valence electrons. The van der Waals surface area contributed by atoms with Gasteiger partial charge in [-0.15, -0.1) is 0 Å². The molecule has 0 aliphatic carbocycles. The van der Waals surface area contributed by atoms with E-state index in [1.807, 2.05) is 0 Å². The van der Waals surface area contributed by atoms with Crippen molar-refractivity contribution in [3.8, 4) is 0 Å². The third-order valence-electron chi connectivity index (χ3n) is 2.38. The zero-order chi connectivity index (χ0) is 14.1. The first-order chi connectivity index (χ1) is 8.21. The smallest absolute Gasteiger partial charge is 0.306 e. The van der Waals surface area contributed by atoms with Gasteiger partial charge in [0.05, 0.1) is 4.92 Å². The first-order valence-corrected chi connectivity index (χ1v) is 7.20. The summed E-state index contributed by atoms with van der Waals surface area (Å²) < 4.78 is 25.3. The third-order valence-corrected chi connectivity index (χ3v) is 5.92. The maximum absolute atomic E-state index is 12.1. The number of nitrogens with zero attached hydrogens (tertiary/aromatic N) is 2. The quantitative estimate of drug-likeness (QED) is 0.474. The normalized spacial score (nSPS) is 12.1. The number of nitrogens with one attached hydrogen (secondary N) is 1. The largest absolute Gasteiger partial charge is 0.310 e. The van der Waals surface area contributed by atoms with Crippen molar-refractivity contribution in [3.05, 3.63) is 16.2 Å². The number of hydrogen-bond donors (Lipinski definition) is 2. The summed E-state index contributed by atoms with van der Waals surface area (Å²) in [6, 6.07) is 0.763. The van der Waals surface area contributed by atoms with Gasteiger partial charge in [-0.1, -0.05) is 11.3 Å². The van der Waals surface area contributed by atoms with Gasteiger partial charge in [0.1, 0.15) is 4.21 Å². The minimum Gasteiger partial charge on any atom is -0.310 e. The molecule has 1 rings (SSSR count). The summed E-state index contributed by atoms with van der Waals surface area (Å²) in [7, 11) is -2.31. The summed E-state index contributed by atoms with van der Waals surface area (Å²) in [4.78, 5) is 10.1. The SMILES string of the molecule is CC(C)N(C)S(=O)(=O)c1cc([N+](=O)[O-])c(NN)s1. The highest BCUT2D eigenvalue weighted by Crippen LogP contribution is 2.37. The van der Waals surface area contributed by atoms with Gasteiger partial charge < -0.3 is 5.43 Å². The molecule has 0 aliphatic rings. The van der Waals surface area contributed by atoms with Crippen LogP contribution in [0.5, 0.6) is 0 Å². The third kappa shape index (κ3) is 2.61. The highest BCUT2D eigenvalue weighted by atomic mass is 32.2. The van der Waals surface area contributed by atoms with Crippen LogP contribution in [0.3, 0.4) is 0 Å². The fraction of sp³-hybridized carbons (Fsp3) is 0.500. The Morgan fingerprint density at radius 3 is 2.44 bits per heavy atom. The zero-order valence-electron chi connectivity index (χ0n) is 10.1. The summed E-state index contributed by atoms with van der Waals surface area (Å²) in [5.74, 6) is 5.13. The Morgan fingerprint density at radius 2 is 2.11 bits per heavy atom. The van der Waals surface area contributed by atoms with Crippen molar-refractivity contribution in [3.63, 3.8) is 0 Å². The predicted octanol–water partition coefficient (Wildman–Crippen LogP) is 0.971. The molecular formula is C8H14N4O4S2. The number of nitrogen functional groups attached to an aromatic ring is 1. The van der Waals surface area contributed by atoms with Crippen molar-refractivity contribution in [2.45, 2.75) is 24.1 Å². The molecular weight excluding hydrogens is 280 g/mol. The molecule has 0 radical (unpaired) electrons. The molecule has 3 N–H and O–H groups in total. The fourth-order valence-electron chi connectivity index (χ4n) is 1.15. The van der Waals surface area contributed by atoms with Gasteiger partial charge in [-0.2, -0.15) is 4.31 Å². The van der Waals surface area contributed by atoms with E-state index in [0.717, 1.165) is 21.7 Å². The molecule has 0 atom stereocenters. The van der Waals surface area contributed by atoms with Crippen LogP contribution in [0.15, 0.2) is 10.3 Å². The molecule has 0 saturated carbocycles. The molecule has 0 aliphatic heterocycles. The van der Waals surface area contributed by atoms with Gasteiger partial charge in [0.25, 0.3) is 10.0 Å². The number of hydrogen-bond acceptors (Lipinski definition) is 7. The molecule has 0 unspecified atom stereocenters. The van der Waals surface area contributed by atoms with Crippen LogP contribution in [0, 0.1) is 10.1 Å². The van der Waals surface area contributed by atoms with Gasteiger partial charge >= 0.3 is 5.69 Å². The Hall–Kier alpha value is -1.23. The van der Waals surface area contributed by atoms with Crippen molar-refractivity contribution < 1.29 is 13.3 Å². The second kappa shape index (κ2) is 5.18. The van der Waals surface area contributed by atoms with E-state index in [2.05, 4.69) is 5.43 Å². The van der Waals surface area contributed by atoms with Gasteiger partial charge in [0.15, 0.2) is 5.00 Å². The standard InChI is InChI=1S/C8H14N4O4S2/c1-5(2)11(3)18(15,16)7-4-6(12(13)14)8(10-9)17-7/h4-5,10H,9H2,1-3H3. The first kappa shape index (κ1) is 14.8. The minimum absolute atomic E-state index is 0.00994. The number of nitro groups is 1. The van der Waals surface area contributed by atoms with Crippen LogP contribution in [0.2, 0.25) is 0 Å². The predicted molar refractivity (Wildman–Crippen MR) is 68.9 cm³/mol. The lowest BCUT2D eigenvalue weighted by Crippen LogP contribution is -2.32. The monoisotopic (exact) mass is 294 g/mol. The summed E-state index contributed by atoms with van der Waals surface area (Å²) in [6.45, 7) is 3.42. The number of anilines is 1. The van der Waals surface area contributed by atoms with E-state index in [-0.39, 0.29) is 20.9 Å². The zero-order valence-corrected chi connectivity index (χ0v) is 11.7. The van der Waals surface area contributed by atoms with E-state index in [1.54, 1.807) is 13.8 Å². The van der Waals surface area contributed by atoms with Gasteiger partial charge in [-0.3, -0.25) is 10.1 Å². The molecule has 0 amide bonds. The summed E-state index contributed by atoms with van der Waals surface area (Å²) in [6.07, 6.45) is 0. The van der Waals surface area contributed by atoms with Crippen LogP contribution in [-0.2, 0) is 10.0 Å². The van der Waals surface area contributed by atoms with Crippen LogP contribution in [0.25, 0.3) is 0 Å². The van der Waals surface area contributed by atoms with Crippen LogP contribution in [-0.4, -0.2) is 30.7 Å². The molecule has 0 saturated heterocycles. The first-order valence-electron chi connectivity index (χ1n) is 4.94. The molecule has 0 aromatic carbocycles. The molecule has 10 heteroatoms. The molecule has 1 heterocycles. The second-order valence-corrected chi connectivity index (χ2v) is 7.07. The Kier molecular flexibility index (Phi) is 4.27. The van der Waals surface area contributed by atoms with Crippen molar-refractivity contribution in [1.82, 2.24) is 4.31 Å². The van der Waals surface area contributed by atoms with E-state index in [9.17, 15) is 18.5 Å². The summed E-state index contributed by atoms with van der Waals surface area (Å²) in [5.41, 5.74) is 1.78. The summed E-state index contributed by atoms with van der Waals surface area (Å²) in [5, 5.41) is 10.7. The maximum Gasteiger partial charge on any atom is 0.306 e. The molecule has 0 fully saturated rings. The number of thiophene rings is 1. The number of sulfonamides is 1. The van der Waals surface area contributed by atoms with Crippen LogP contribution in [0.1, 0.15) is 13.8 Å². The van der Waals surface area contributed by atoms with Crippen molar-refractivity contribution in [2.75, 3.05) is 12.5 Å². The number of nitrogens with two attached hydrogens (primary N) is 1. The Bertz CT molecular complexity index is 551. The van der Waals surface area contributed by atoms with Crippen LogP contribution >= 0.6 is 11.3 Å². The lowest BCUT2D eigenvalue weighted by molar-refractivity contribution is -0.383. The molecule has 1 aromatic heterocycles. The van der Waals surface area contributed by atoms with E-state index < -0.39 is 14.9 Å². The minimum atomic E-state index is -3.73. The van der Waals surface area contributed by atoms with E-state index in [4.69, 9.17) is 5.84 Å². The Morgan fingerprint density at radius 1 is 1.56 bits per heavy atom. The Balaban J connectivity index is 3.31. The molecule has 8 nitrogen and oxygen atoms in total. The number of hydrazine groups is 1. The topological polar surface area (TPSA) is 119 Å². The van der Waals surface area contributed by atoms with E-state index >= 15 is 0 Å². The maximum atomic E-state index is 12.1. The Labute approximate surface area is 109 Å². The van der Waals surface area contributed by atoms with Crippen molar-refractivity contribution >= 4 is 32.0 Å². The van der Waals surface area contributed by atoms with Gasteiger partial charge in [-0.25, -0.2) is 14.3 Å². The molecule has 18 heavy (non-hydrogen) atoms. The second-order valence-electron chi connectivity index (χ2n) is 3.80. The lowest BCUT2D eigenvalue weighted by atomic mass is 10.4. The van der Waals surface area contributed by atoms with Gasteiger partial charge in [-0.05, 0) is 13.8 Å². The van der Waals surface area contributed by atoms with Crippen LogP contribution in [0.4, 0.5) is 10.7 Å². The average molecular weight is 294 g/mol. The molecule has 0 spiro atoms. The highest BCUT2D eigenvalue weighted by molar-refractivity contribution is 7.91. The summed E-state index contributed by atoms with van der Waals surface area (Å²) >= 11 is 0.733. The lowest BCUT2D eigenvalue weighted by Gasteiger charge is -2.19. The van der Waals surface area contributed by atoms with Crippen molar-refractivity contribution in [1.29, 1.82) is 0 Å². The molecule has 1 aromatic rings. The van der Waals surface area contributed by atoms with Crippen molar-refractivity contribution in [2.24, 2.45) is 5.84 Å². The van der Waals surface area contributed by atoms with Gasteiger partial charge in [0.2, 0.25) is 0 Å². The molecule has 0 bridgehead atoms. The fourth-order valence-corrected chi connectivity index (χ4v) is 3.94. The average Bonchev–Trinajstić information content (AvgIpc) is 2.72. The van der Waals surface area contributed by atoms with E-state index in [1.165, 1.54) is 7.05 Å². The number of rotatable bonds is 5. The van der Waals surface area contributed by atoms with Crippen LogP contribution < -0.4 is 11.3 Å². The van der Waals surface area contributed by atoms with Gasteiger partial charge in [0, 0.05) is 19.2 Å². The highest BCUT2D eigenvalue weighted by Gasteiger charge is 2.30. The van der Waals surface area contributed by atoms with E-state index in [0.29, 0.717) is 0 Å².